The maximum Gasteiger partial charge on any atom is 0.261 e. The van der Waals surface area contributed by atoms with Crippen LogP contribution in [0.25, 0.3) is 0 Å². The Morgan fingerprint density at radius 2 is 2.26 bits per heavy atom. The first-order valence-electron chi connectivity index (χ1n) is 7.91. The molecule has 5 heterocycles. The maximum atomic E-state index is 12.5. The molecule has 0 aromatic carbocycles. The Bertz CT molecular complexity index is 704. The number of amides is 1. The number of nitrogens with one attached hydrogen (secondary N) is 1. The first kappa shape index (κ1) is 15.2. The second-order valence-electron chi connectivity index (χ2n) is 6.18. The SMILES string of the molecule is Cc1cnc(Sc2ccc(C(=O)NC3CN4CCC3CC4)s2)o1. The normalized spacial score (nSPS) is 26.4. The van der Waals surface area contributed by atoms with Crippen molar-refractivity contribution in [1.82, 2.24) is 15.2 Å². The van der Waals surface area contributed by atoms with E-state index in [2.05, 4.69) is 15.2 Å². The molecule has 2 bridgehead atoms. The Hall–Kier alpha value is -1.31. The number of oxazole rings is 1. The summed E-state index contributed by atoms with van der Waals surface area (Å²) in [6, 6.07) is 4.15. The van der Waals surface area contributed by atoms with E-state index < -0.39 is 0 Å². The van der Waals surface area contributed by atoms with Crippen molar-refractivity contribution < 1.29 is 9.21 Å². The van der Waals surface area contributed by atoms with Crippen molar-refractivity contribution in [2.45, 2.75) is 35.2 Å². The number of thiophene rings is 1. The summed E-state index contributed by atoms with van der Waals surface area (Å²) in [4.78, 5) is 19.9. The zero-order chi connectivity index (χ0) is 15.8. The average molecular weight is 349 g/mol. The Balaban J connectivity index is 1.39. The number of hydrogen-bond donors (Lipinski definition) is 1. The summed E-state index contributed by atoms with van der Waals surface area (Å²) < 4.78 is 6.48. The van der Waals surface area contributed by atoms with E-state index in [-0.39, 0.29) is 5.91 Å². The minimum absolute atomic E-state index is 0.0455. The van der Waals surface area contributed by atoms with Crippen LogP contribution in [0, 0.1) is 12.8 Å². The van der Waals surface area contributed by atoms with Gasteiger partial charge in [-0.05, 0) is 62.7 Å². The predicted octanol–water partition coefficient (Wildman–Crippen LogP) is 3.02. The molecule has 1 N–H and O–H groups in total. The van der Waals surface area contributed by atoms with Gasteiger partial charge in [0.2, 0.25) is 0 Å². The van der Waals surface area contributed by atoms with Gasteiger partial charge < -0.3 is 14.6 Å². The molecule has 5 rings (SSSR count). The molecule has 3 fully saturated rings. The maximum absolute atomic E-state index is 12.5. The largest absolute Gasteiger partial charge is 0.437 e. The summed E-state index contributed by atoms with van der Waals surface area (Å²) in [6.45, 7) is 5.25. The molecule has 2 aromatic rings. The average Bonchev–Trinajstić information content (AvgIpc) is 3.18. The van der Waals surface area contributed by atoms with Crippen LogP contribution in [-0.2, 0) is 0 Å². The minimum atomic E-state index is 0.0455. The van der Waals surface area contributed by atoms with Crippen LogP contribution in [0.3, 0.4) is 0 Å². The van der Waals surface area contributed by atoms with E-state index in [0.29, 0.717) is 17.2 Å². The summed E-state index contributed by atoms with van der Waals surface area (Å²) >= 11 is 2.95. The van der Waals surface area contributed by atoms with Crippen LogP contribution in [0.4, 0.5) is 0 Å². The molecule has 0 radical (unpaired) electrons. The van der Waals surface area contributed by atoms with Crippen molar-refractivity contribution in [3.05, 3.63) is 29.0 Å². The van der Waals surface area contributed by atoms with Crippen LogP contribution < -0.4 is 5.32 Å². The number of fused-ring (bicyclic) bond motifs is 3. The van der Waals surface area contributed by atoms with Gasteiger partial charge in [-0.3, -0.25) is 4.79 Å². The smallest absolute Gasteiger partial charge is 0.261 e. The van der Waals surface area contributed by atoms with Gasteiger partial charge in [0, 0.05) is 12.6 Å². The highest BCUT2D eigenvalue weighted by Gasteiger charge is 2.35. The number of hydrogen-bond acceptors (Lipinski definition) is 6. The predicted molar refractivity (Wildman–Crippen MR) is 90.1 cm³/mol. The molecule has 122 valence electrons. The summed E-state index contributed by atoms with van der Waals surface area (Å²) in [5.41, 5.74) is 0. The van der Waals surface area contributed by atoms with Gasteiger partial charge in [0.1, 0.15) is 5.76 Å². The van der Waals surface area contributed by atoms with Crippen molar-refractivity contribution in [3.8, 4) is 0 Å². The molecule has 0 spiro atoms. The van der Waals surface area contributed by atoms with E-state index in [1.54, 1.807) is 6.20 Å². The van der Waals surface area contributed by atoms with E-state index in [9.17, 15) is 4.79 Å². The molecule has 1 atom stereocenters. The lowest BCUT2D eigenvalue weighted by atomic mass is 9.84. The monoisotopic (exact) mass is 349 g/mol. The Morgan fingerprint density at radius 1 is 1.43 bits per heavy atom. The first-order chi connectivity index (χ1) is 11.2. The molecule has 5 nitrogen and oxygen atoms in total. The molecule has 0 aliphatic carbocycles. The number of rotatable bonds is 4. The van der Waals surface area contributed by atoms with Gasteiger partial charge in [-0.2, -0.15) is 0 Å². The lowest BCUT2D eigenvalue weighted by Gasteiger charge is -2.44. The molecular formula is C16H19N3O2S2. The van der Waals surface area contributed by atoms with Gasteiger partial charge in [-0.1, -0.05) is 0 Å². The van der Waals surface area contributed by atoms with Crippen molar-refractivity contribution >= 4 is 29.0 Å². The van der Waals surface area contributed by atoms with Gasteiger partial charge in [0.05, 0.1) is 15.3 Å². The fourth-order valence-corrected chi connectivity index (χ4v) is 5.21. The van der Waals surface area contributed by atoms with Gasteiger partial charge in [-0.25, -0.2) is 4.98 Å². The molecule has 23 heavy (non-hydrogen) atoms. The lowest BCUT2D eigenvalue weighted by Crippen LogP contribution is -2.57. The fraction of sp³-hybridized carbons (Fsp3) is 0.500. The molecule has 1 unspecified atom stereocenters. The van der Waals surface area contributed by atoms with E-state index in [1.165, 1.54) is 49.0 Å². The molecule has 2 aromatic heterocycles. The number of aromatic nitrogens is 1. The third-order valence-electron chi connectivity index (χ3n) is 4.57. The zero-order valence-electron chi connectivity index (χ0n) is 12.9. The van der Waals surface area contributed by atoms with Gasteiger partial charge in [0.25, 0.3) is 11.1 Å². The highest BCUT2D eigenvalue weighted by atomic mass is 32.2. The first-order valence-corrected chi connectivity index (χ1v) is 9.54. The summed E-state index contributed by atoms with van der Waals surface area (Å²) in [5, 5.41) is 3.85. The molecule has 3 saturated heterocycles. The Morgan fingerprint density at radius 3 is 2.91 bits per heavy atom. The van der Waals surface area contributed by atoms with Gasteiger partial charge >= 0.3 is 0 Å². The van der Waals surface area contributed by atoms with Crippen molar-refractivity contribution in [2.75, 3.05) is 19.6 Å². The highest BCUT2D eigenvalue weighted by Crippen LogP contribution is 2.33. The van der Waals surface area contributed by atoms with Crippen LogP contribution >= 0.6 is 23.1 Å². The van der Waals surface area contributed by atoms with Gasteiger partial charge in [0.15, 0.2) is 0 Å². The van der Waals surface area contributed by atoms with E-state index in [1.807, 2.05) is 19.1 Å². The van der Waals surface area contributed by atoms with Crippen molar-refractivity contribution in [2.24, 2.45) is 5.92 Å². The number of carbonyl (C=O) groups excluding carboxylic acids is 1. The molecule has 0 saturated carbocycles. The van der Waals surface area contributed by atoms with E-state index in [0.717, 1.165) is 21.4 Å². The molecule has 3 aliphatic rings. The van der Waals surface area contributed by atoms with Gasteiger partial charge in [-0.15, -0.1) is 11.3 Å². The number of nitrogens with zero attached hydrogens (tertiary/aromatic N) is 2. The second-order valence-corrected chi connectivity index (χ2v) is 8.51. The zero-order valence-corrected chi connectivity index (χ0v) is 14.6. The number of aryl methyl sites for hydroxylation is 1. The fourth-order valence-electron chi connectivity index (χ4n) is 3.33. The molecule has 1 amide bonds. The quantitative estimate of drug-likeness (QED) is 0.919. The summed E-state index contributed by atoms with van der Waals surface area (Å²) in [6.07, 6.45) is 4.12. The Kier molecular flexibility index (Phi) is 4.17. The van der Waals surface area contributed by atoms with Crippen molar-refractivity contribution in [3.63, 3.8) is 0 Å². The number of piperidine rings is 3. The second kappa shape index (κ2) is 6.30. The third-order valence-corrected chi connectivity index (χ3v) is 6.65. The Labute approximate surface area is 143 Å². The van der Waals surface area contributed by atoms with Crippen LogP contribution in [-0.4, -0.2) is 41.5 Å². The highest BCUT2D eigenvalue weighted by molar-refractivity contribution is 8.01. The molecule has 3 aliphatic heterocycles. The van der Waals surface area contributed by atoms with Crippen LogP contribution in [0.5, 0.6) is 0 Å². The van der Waals surface area contributed by atoms with Crippen LogP contribution in [0.1, 0.15) is 28.3 Å². The topological polar surface area (TPSA) is 58.4 Å². The van der Waals surface area contributed by atoms with Crippen molar-refractivity contribution in [1.29, 1.82) is 0 Å². The minimum Gasteiger partial charge on any atom is -0.437 e. The van der Waals surface area contributed by atoms with Crippen LogP contribution in [0.15, 0.2) is 32.2 Å². The van der Waals surface area contributed by atoms with E-state index >= 15 is 0 Å². The van der Waals surface area contributed by atoms with Crippen LogP contribution in [0.2, 0.25) is 0 Å². The third kappa shape index (κ3) is 3.32. The molecular weight excluding hydrogens is 330 g/mol. The lowest BCUT2D eigenvalue weighted by molar-refractivity contribution is 0.0622. The molecule has 7 heteroatoms. The van der Waals surface area contributed by atoms with E-state index in [4.69, 9.17) is 4.42 Å². The summed E-state index contributed by atoms with van der Waals surface area (Å²) in [5.74, 6) is 1.49. The summed E-state index contributed by atoms with van der Waals surface area (Å²) in [7, 11) is 0. The standard InChI is InChI=1S/C16H19N3O2S2/c1-10-8-17-16(21-10)23-14-3-2-13(22-14)15(20)18-12-9-19-6-4-11(12)5-7-19/h2-3,8,11-12H,4-7,9H2,1H3,(H,18,20). The number of carbonyl (C=O) groups is 1.